The topological polar surface area (TPSA) is 35.6 Å². The Morgan fingerprint density at radius 2 is 2.25 bits per heavy atom. The number of rotatable bonds is 4. The van der Waals surface area contributed by atoms with E-state index in [1.807, 2.05) is 0 Å². The van der Waals surface area contributed by atoms with E-state index >= 15 is 0 Å². The van der Waals surface area contributed by atoms with Crippen LogP contribution >= 0.6 is 0 Å². The van der Waals surface area contributed by atoms with Gasteiger partial charge in [0.15, 0.2) is 0 Å². The van der Waals surface area contributed by atoms with Gasteiger partial charge in [0.05, 0.1) is 6.54 Å². The molecular formula is C15H22FN3O. The summed E-state index contributed by atoms with van der Waals surface area (Å²) in [5.74, 6) is -0.232. The summed E-state index contributed by atoms with van der Waals surface area (Å²) < 4.78 is 13.6. The van der Waals surface area contributed by atoms with Gasteiger partial charge in [-0.25, -0.2) is 4.39 Å². The van der Waals surface area contributed by atoms with Gasteiger partial charge in [-0.05, 0) is 13.0 Å². The van der Waals surface area contributed by atoms with Crippen LogP contribution in [0.1, 0.15) is 12.5 Å². The average Bonchev–Trinajstić information content (AvgIpc) is 2.43. The molecule has 5 heteroatoms. The van der Waals surface area contributed by atoms with Gasteiger partial charge in [0.1, 0.15) is 5.82 Å². The molecule has 1 atom stereocenters. The highest BCUT2D eigenvalue weighted by molar-refractivity contribution is 5.78. The van der Waals surface area contributed by atoms with Gasteiger partial charge in [0.2, 0.25) is 5.91 Å². The van der Waals surface area contributed by atoms with Crippen LogP contribution in [0, 0.1) is 5.82 Å². The molecule has 0 saturated carbocycles. The summed E-state index contributed by atoms with van der Waals surface area (Å²) >= 11 is 0. The lowest BCUT2D eigenvalue weighted by atomic mass is 10.2. The number of nitrogens with one attached hydrogen (secondary N) is 1. The van der Waals surface area contributed by atoms with Gasteiger partial charge in [-0.2, -0.15) is 0 Å². The summed E-state index contributed by atoms with van der Waals surface area (Å²) in [5.41, 5.74) is 0.553. The monoisotopic (exact) mass is 279 g/mol. The molecule has 0 spiro atoms. The Morgan fingerprint density at radius 3 is 2.95 bits per heavy atom. The lowest BCUT2D eigenvalue weighted by Gasteiger charge is -2.34. The highest BCUT2D eigenvalue weighted by atomic mass is 19.1. The maximum Gasteiger partial charge on any atom is 0.236 e. The summed E-state index contributed by atoms with van der Waals surface area (Å²) in [6.45, 7) is 5.51. The number of hydrogen-bond acceptors (Lipinski definition) is 3. The second-order valence-electron chi connectivity index (χ2n) is 5.36. The second kappa shape index (κ2) is 6.81. The minimum absolute atomic E-state index is 0.0296. The number of halogens is 1. The molecule has 1 N–H and O–H groups in total. The Kier molecular flexibility index (Phi) is 5.09. The maximum atomic E-state index is 13.6. The minimum atomic E-state index is -0.261. The molecule has 1 heterocycles. The molecule has 0 unspecified atom stereocenters. The van der Waals surface area contributed by atoms with Crippen LogP contribution in [-0.2, 0) is 11.3 Å². The van der Waals surface area contributed by atoms with Crippen LogP contribution in [0.15, 0.2) is 24.3 Å². The van der Waals surface area contributed by atoms with E-state index < -0.39 is 0 Å². The first-order valence-electron chi connectivity index (χ1n) is 7.00. The first-order valence-corrected chi connectivity index (χ1v) is 7.00. The van der Waals surface area contributed by atoms with E-state index in [-0.39, 0.29) is 11.7 Å². The Bertz CT molecular complexity index is 466. The lowest BCUT2D eigenvalue weighted by molar-refractivity contribution is -0.132. The van der Waals surface area contributed by atoms with Crippen LogP contribution in [0.25, 0.3) is 0 Å². The third-order valence-electron chi connectivity index (χ3n) is 3.77. The van der Waals surface area contributed by atoms with Crippen molar-refractivity contribution in [1.29, 1.82) is 0 Å². The summed E-state index contributed by atoms with van der Waals surface area (Å²) in [7, 11) is 1.72. The molecule has 1 saturated heterocycles. The molecule has 4 nitrogen and oxygen atoms in total. The first kappa shape index (κ1) is 14.9. The molecule has 0 radical (unpaired) electrons. The van der Waals surface area contributed by atoms with Gasteiger partial charge in [-0.1, -0.05) is 18.2 Å². The summed E-state index contributed by atoms with van der Waals surface area (Å²) in [4.78, 5) is 16.0. The highest BCUT2D eigenvalue weighted by Gasteiger charge is 2.22. The number of carbonyl (C=O) groups is 1. The second-order valence-corrected chi connectivity index (χ2v) is 5.36. The van der Waals surface area contributed by atoms with Crippen molar-refractivity contribution in [3.63, 3.8) is 0 Å². The largest absolute Gasteiger partial charge is 0.340 e. The van der Waals surface area contributed by atoms with E-state index in [0.717, 1.165) is 19.6 Å². The molecule has 1 aliphatic heterocycles. The van der Waals surface area contributed by atoms with Crippen LogP contribution in [0.2, 0.25) is 0 Å². The highest BCUT2D eigenvalue weighted by Crippen LogP contribution is 2.10. The van der Waals surface area contributed by atoms with Crippen LogP contribution in [-0.4, -0.2) is 55.0 Å². The third kappa shape index (κ3) is 3.77. The van der Waals surface area contributed by atoms with Crippen molar-refractivity contribution >= 4 is 5.91 Å². The van der Waals surface area contributed by atoms with Gasteiger partial charge in [-0.3, -0.25) is 9.69 Å². The van der Waals surface area contributed by atoms with Gasteiger partial charge < -0.3 is 10.2 Å². The standard InChI is InChI=1S/C15H22FN3O/c1-12-9-17-7-8-19(12)11-15(20)18(2)10-13-5-3-4-6-14(13)16/h3-6,12,17H,7-11H2,1-2H3/t12-/m0/s1. The fraction of sp³-hybridized carbons (Fsp3) is 0.533. The summed E-state index contributed by atoms with van der Waals surface area (Å²) in [5, 5.41) is 3.30. The zero-order chi connectivity index (χ0) is 14.5. The van der Waals surface area contributed by atoms with Crippen molar-refractivity contribution in [1.82, 2.24) is 15.1 Å². The van der Waals surface area contributed by atoms with Gasteiger partial charge in [-0.15, -0.1) is 0 Å². The van der Waals surface area contributed by atoms with Crippen molar-refractivity contribution in [2.75, 3.05) is 33.2 Å². The lowest BCUT2D eigenvalue weighted by Crippen LogP contribution is -2.52. The molecule has 1 amide bonds. The summed E-state index contributed by atoms with van der Waals surface area (Å²) in [6, 6.07) is 6.94. The quantitative estimate of drug-likeness (QED) is 0.896. The van der Waals surface area contributed by atoms with Crippen molar-refractivity contribution in [3.8, 4) is 0 Å². The molecule has 1 fully saturated rings. The molecule has 1 aliphatic rings. The van der Waals surface area contributed by atoms with E-state index in [0.29, 0.717) is 24.7 Å². The molecule has 2 rings (SSSR count). The molecule has 1 aromatic carbocycles. The van der Waals surface area contributed by atoms with Crippen molar-refractivity contribution in [3.05, 3.63) is 35.6 Å². The van der Waals surface area contributed by atoms with Crippen molar-refractivity contribution in [2.24, 2.45) is 0 Å². The number of nitrogens with zero attached hydrogens (tertiary/aromatic N) is 2. The van der Waals surface area contributed by atoms with E-state index in [1.165, 1.54) is 6.07 Å². The Labute approximate surface area is 119 Å². The number of hydrogen-bond donors (Lipinski definition) is 1. The number of likely N-dealkylation sites (N-methyl/N-ethyl adjacent to an activating group) is 1. The summed E-state index contributed by atoms with van der Waals surface area (Å²) in [6.07, 6.45) is 0. The predicted molar refractivity (Wildman–Crippen MR) is 76.8 cm³/mol. The average molecular weight is 279 g/mol. The van der Waals surface area contributed by atoms with E-state index in [2.05, 4.69) is 17.1 Å². The fourth-order valence-corrected chi connectivity index (χ4v) is 2.38. The predicted octanol–water partition coefficient (Wildman–Crippen LogP) is 1.08. The Balaban J connectivity index is 1.90. The van der Waals surface area contributed by atoms with Crippen molar-refractivity contribution < 1.29 is 9.18 Å². The third-order valence-corrected chi connectivity index (χ3v) is 3.77. The zero-order valence-corrected chi connectivity index (χ0v) is 12.1. The van der Waals surface area contributed by atoms with Gasteiger partial charge in [0, 0.05) is 44.8 Å². The minimum Gasteiger partial charge on any atom is -0.340 e. The van der Waals surface area contributed by atoms with E-state index in [4.69, 9.17) is 0 Å². The van der Waals surface area contributed by atoms with Crippen LogP contribution in [0.3, 0.4) is 0 Å². The molecule has 0 bridgehead atoms. The first-order chi connectivity index (χ1) is 9.58. The van der Waals surface area contributed by atoms with Gasteiger partial charge >= 0.3 is 0 Å². The molecule has 20 heavy (non-hydrogen) atoms. The van der Waals surface area contributed by atoms with E-state index in [1.54, 1.807) is 30.1 Å². The maximum absolute atomic E-state index is 13.6. The van der Waals surface area contributed by atoms with E-state index in [9.17, 15) is 9.18 Å². The molecule has 1 aromatic rings. The number of amides is 1. The van der Waals surface area contributed by atoms with Crippen LogP contribution < -0.4 is 5.32 Å². The number of carbonyl (C=O) groups excluding carboxylic acids is 1. The number of piperazine rings is 1. The smallest absolute Gasteiger partial charge is 0.236 e. The Hall–Kier alpha value is -1.46. The van der Waals surface area contributed by atoms with Crippen LogP contribution in [0.4, 0.5) is 4.39 Å². The zero-order valence-electron chi connectivity index (χ0n) is 12.1. The molecule has 0 aliphatic carbocycles. The SMILES string of the molecule is C[C@H]1CNCCN1CC(=O)N(C)Cc1ccccc1F. The normalized spacial score (nSPS) is 19.9. The molecular weight excluding hydrogens is 257 g/mol. The van der Waals surface area contributed by atoms with Crippen molar-refractivity contribution in [2.45, 2.75) is 19.5 Å². The molecule has 110 valence electrons. The number of benzene rings is 1. The Morgan fingerprint density at radius 1 is 1.50 bits per heavy atom. The molecule has 0 aromatic heterocycles. The van der Waals surface area contributed by atoms with Crippen LogP contribution in [0.5, 0.6) is 0 Å². The fourth-order valence-electron chi connectivity index (χ4n) is 2.38. The van der Waals surface area contributed by atoms with Gasteiger partial charge in [0.25, 0.3) is 0 Å².